The van der Waals surface area contributed by atoms with Gasteiger partial charge in [0.15, 0.2) is 0 Å². The number of sulfonamides is 1. The van der Waals surface area contributed by atoms with Gasteiger partial charge in [-0.3, -0.25) is 14.1 Å². The number of nitrogens with one attached hydrogen (secondary N) is 2. The van der Waals surface area contributed by atoms with Crippen molar-refractivity contribution >= 4 is 32.7 Å². The predicted octanol–water partition coefficient (Wildman–Crippen LogP) is 3.91. The summed E-state index contributed by atoms with van der Waals surface area (Å²) in [5.41, 5.74) is -0.302. The molecule has 2 aromatic heterocycles. The van der Waals surface area contributed by atoms with Crippen molar-refractivity contribution in [2.75, 3.05) is 22.8 Å². The smallest absolute Gasteiger partial charge is 0.357 e. The largest absolute Gasteiger partial charge is 0.390 e. The third kappa shape index (κ3) is 5.59. The zero-order valence-electron chi connectivity index (χ0n) is 17.9. The SMILES string of the molecule is CNc1ncc2cc(-c3ccc(NS(=O)(=O)CCC(F)(F)F)c(F)c3)c(=O)n(C(C)C)c2n1. The second kappa shape index (κ2) is 8.96. The fraction of sp³-hybridized carbons (Fsp3) is 0.350. The van der Waals surface area contributed by atoms with Gasteiger partial charge in [0, 0.05) is 30.2 Å². The van der Waals surface area contributed by atoms with Crippen LogP contribution in [-0.4, -0.2) is 41.9 Å². The highest BCUT2D eigenvalue weighted by Crippen LogP contribution is 2.27. The van der Waals surface area contributed by atoms with E-state index in [9.17, 15) is 30.8 Å². The highest BCUT2D eigenvalue weighted by atomic mass is 32.2. The molecule has 33 heavy (non-hydrogen) atoms. The fourth-order valence-corrected chi connectivity index (χ4v) is 4.26. The molecule has 0 fully saturated rings. The summed E-state index contributed by atoms with van der Waals surface area (Å²) in [4.78, 5) is 21.6. The number of fused-ring (bicyclic) bond motifs is 1. The van der Waals surface area contributed by atoms with Crippen LogP contribution >= 0.6 is 0 Å². The first kappa shape index (κ1) is 24.4. The number of halogens is 4. The molecule has 2 heterocycles. The van der Waals surface area contributed by atoms with Crippen LogP contribution in [-0.2, 0) is 10.0 Å². The normalized spacial score (nSPS) is 12.4. The van der Waals surface area contributed by atoms with E-state index in [1.165, 1.54) is 22.9 Å². The Kier molecular flexibility index (Phi) is 6.63. The van der Waals surface area contributed by atoms with E-state index < -0.39 is 45.4 Å². The summed E-state index contributed by atoms with van der Waals surface area (Å²) < 4.78 is 78.6. The average Bonchev–Trinajstić information content (AvgIpc) is 2.72. The van der Waals surface area contributed by atoms with Crippen molar-refractivity contribution in [1.82, 2.24) is 14.5 Å². The molecule has 0 unspecified atom stereocenters. The van der Waals surface area contributed by atoms with Crippen LogP contribution in [0.1, 0.15) is 26.3 Å². The molecule has 1 aromatic carbocycles. The van der Waals surface area contributed by atoms with Gasteiger partial charge in [-0.1, -0.05) is 6.07 Å². The summed E-state index contributed by atoms with van der Waals surface area (Å²) in [5, 5.41) is 3.32. The van der Waals surface area contributed by atoms with Crippen LogP contribution in [0, 0.1) is 5.82 Å². The summed E-state index contributed by atoms with van der Waals surface area (Å²) in [5.74, 6) is -1.96. The summed E-state index contributed by atoms with van der Waals surface area (Å²) in [6.07, 6.45) is -4.72. The van der Waals surface area contributed by atoms with Crippen molar-refractivity contribution in [3.05, 3.63) is 46.6 Å². The average molecular weight is 487 g/mol. The maximum absolute atomic E-state index is 14.7. The maximum Gasteiger partial charge on any atom is 0.390 e. The second-order valence-electron chi connectivity index (χ2n) is 7.53. The lowest BCUT2D eigenvalue weighted by atomic mass is 10.0. The minimum atomic E-state index is -4.67. The van der Waals surface area contributed by atoms with Gasteiger partial charge in [0.25, 0.3) is 5.56 Å². The minimum Gasteiger partial charge on any atom is -0.357 e. The Bertz CT molecular complexity index is 1350. The molecule has 0 saturated heterocycles. The number of rotatable bonds is 7. The molecule has 3 aromatic rings. The molecule has 8 nitrogen and oxygen atoms in total. The zero-order valence-corrected chi connectivity index (χ0v) is 18.7. The Morgan fingerprint density at radius 3 is 2.45 bits per heavy atom. The van der Waals surface area contributed by atoms with Crippen molar-refractivity contribution in [2.45, 2.75) is 32.5 Å². The summed E-state index contributed by atoms with van der Waals surface area (Å²) in [6, 6.07) is 4.51. The quantitative estimate of drug-likeness (QED) is 0.490. The molecular weight excluding hydrogens is 466 g/mol. The van der Waals surface area contributed by atoms with Crippen LogP contribution in [0.4, 0.5) is 29.2 Å². The van der Waals surface area contributed by atoms with Gasteiger partial charge < -0.3 is 5.32 Å². The zero-order chi connectivity index (χ0) is 24.6. The lowest BCUT2D eigenvalue weighted by molar-refractivity contribution is -0.129. The molecule has 13 heteroatoms. The lowest BCUT2D eigenvalue weighted by Crippen LogP contribution is -2.25. The Balaban J connectivity index is 2.02. The van der Waals surface area contributed by atoms with Crippen molar-refractivity contribution in [2.24, 2.45) is 0 Å². The fourth-order valence-electron chi connectivity index (χ4n) is 3.16. The van der Waals surface area contributed by atoms with Crippen LogP contribution in [0.2, 0.25) is 0 Å². The van der Waals surface area contributed by atoms with E-state index in [4.69, 9.17) is 0 Å². The number of pyridine rings is 1. The van der Waals surface area contributed by atoms with Gasteiger partial charge in [-0.2, -0.15) is 18.2 Å². The highest BCUT2D eigenvalue weighted by molar-refractivity contribution is 7.92. The molecule has 0 aliphatic rings. The first-order valence-electron chi connectivity index (χ1n) is 9.78. The molecule has 0 aliphatic carbocycles. The van der Waals surface area contributed by atoms with Crippen LogP contribution < -0.4 is 15.6 Å². The molecule has 0 radical (unpaired) electrons. The molecule has 0 bridgehead atoms. The summed E-state index contributed by atoms with van der Waals surface area (Å²) >= 11 is 0. The third-order valence-electron chi connectivity index (χ3n) is 4.71. The predicted molar refractivity (Wildman–Crippen MR) is 117 cm³/mol. The number of alkyl halides is 3. The number of anilines is 2. The second-order valence-corrected chi connectivity index (χ2v) is 9.37. The Morgan fingerprint density at radius 2 is 1.88 bits per heavy atom. The molecule has 2 N–H and O–H groups in total. The first-order chi connectivity index (χ1) is 15.3. The van der Waals surface area contributed by atoms with E-state index in [1.54, 1.807) is 20.9 Å². The number of nitrogens with zero attached hydrogens (tertiary/aromatic N) is 3. The third-order valence-corrected chi connectivity index (χ3v) is 5.99. The molecule has 0 atom stereocenters. The van der Waals surface area contributed by atoms with Gasteiger partial charge in [-0.25, -0.2) is 17.8 Å². The lowest BCUT2D eigenvalue weighted by Gasteiger charge is -2.16. The van der Waals surface area contributed by atoms with Gasteiger partial charge in [-0.05, 0) is 37.6 Å². The van der Waals surface area contributed by atoms with Crippen LogP contribution in [0.25, 0.3) is 22.2 Å². The molecule has 0 saturated carbocycles. The van der Waals surface area contributed by atoms with Crippen molar-refractivity contribution in [3.8, 4) is 11.1 Å². The molecule has 0 aliphatic heterocycles. The van der Waals surface area contributed by atoms with Crippen molar-refractivity contribution in [1.29, 1.82) is 0 Å². The molecule has 0 spiro atoms. The monoisotopic (exact) mass is 487 g/mol. The summed E-state index contributed by atoms with van der Waals surface area (Å²) in [7, 11) is -2.79. The van der Waals surface area contributed by atoms with Gasteiger partial charge >= 0.3 is 6.18 Å². The standard InChI is InChI=1S/C20H21F4N5O3S/c1-11(2)29-17-13(10-26-19(25-3)27-17)8-14(18(29)30)12-4-5-16(15(21)9-12)28-33(31,32)7-6-20(22,23)24/h4-5,8-11,28H,6-7H2,1-3H3,(H,25,26,27). The van der Waals surface area contributed by atoms with Gasteiger partial charge in [0.2, 0.25) is 16.0 Å². The molecule has 0 amide bonds. The van der Waals surface area contributed by atoms with Gasteiger partial charge in [0.05, 0.1) is 17.9 Å². The van der Waals surface area contributed by atoms with Gasteiger partial charge in [-0.15, -0.1) is 0 Å². The Hall–Kier alpha value is -3.22. The molecular formula is C20H21F4N5O3S. The van der Waals surface area contributed by atoms with Crippen LogP contribution in [0.3, 0.4) is 0 Å². The van der Waals surface area contributed by atoms with Gasteiger partial charge in [0.1, 0.15) is 11.5 Å². The highest BCUT2D eigenvalue weighted by Gasteiger charge is 2.30. The first-order valence-corrected chi connectivity index (χ1v) is 11.4. The van der Waals surface area contributed by atoms with E-state index in [0.717, 1.165) is 12.1 Å². The van der Waals surface area contributed by atoms with E-state index in [-0.39, 0.29) is 17.2 Å². The van der Waals surface area contributed by atoms with E-state index in [1.807, 2.05) is 4.72 Å². The van der Waals surface area contributed by atoms with E-state index in [2.05, 4.69) is 15.3 Å². The molecule has 3 rings (SSSR count). The number of benzene rings is 1. The number of hydrogen-bond acceptors (Lipinski definition) is 6. The van der Waals surface area contributed by atoms with Crippen molar-refractivity contribution < 1.29 is 26.0 Å². The number of hydrogen-bond donors (Lipinski definition) is 2. The summed E-state index contributed by atoms with van der Waals surface area (Å²) in [6.45, 7) is 3.57. The van der Waals surface area contributed by atoms with Crippen LogP contribution in [0.5, 0.6) is 0 Å². The Labute approximate surface area is 186 Å². The number of aromatic nitrogens is 3. The minimum absolute atomic E-state index is 0.127. The Morgan fingerprint density at radius 1 is 1.18 bits per heavy atom. The topological polar surface area (TPSA) is 106 Å². The van der Waals surface area contributed by atoms with Crippen LogP contribution in [0.15, 0.2) is 35.3 Å². The maximum atomic E-state index is 14.7. The van der Waals surface area contributed by atoms with E-state index >= 15 is 0 Å². The molecule has 178 valence electrons. The van der Waals surface area contributed by atoms with Crippen molar-refractivity contribution in [3.63, 3.8) is 0 Å². The van der Waals surface area contributed by atoms with E-state index in [0.29, 0.717) is 17.0 Å².